The fourth-order valence-corrected chi connectivity index (χ4v) is 3.60. The van der Waals surface area contributed by atoms with E-state index < -0.39 is 0 Å². The van der Waals surface area contributed by atoms with Crippen molar-refractivity contribution >= 4 is 23.2 Å². The van der Waals surface area contributed by atoms with Gasteiger partial charge >= 0.3 is 0 Å². The lowest BCUT2D eigenvalue weighted by Gasteiger charge is -2.21. The van der Waals surface area contributed by atoms with Crippen LogP contribution in [0.5, 0.6) is 0 Å². The van der Waals surface area contributed by atoms with Crippen LogP contribution in [0.25, 0.3) is 11.3 Å². The first-order valence-electron chi connectivity index (χ1n) is 7.97. The summed E-state index contributed by atoms with van der Waals surface area (Å²) in [4.78, 5) is 0. The average Bonchev–Trinajstić information content (AvgIpc) is 2.97. The first kappa shape index (κ1) is 15.9. The Morgan fingerprint density at radius 3 is 2.64 bits per heavy atom. The topological polar surface area (TPSA) is 25.2 Å². The summed E-state index contributed by atoms with van der Waals surface area (Å²) in [5.74, 6) is 2.56. The third-order valence-corrected chi connectivity index (χ3v) is 4.86. The highest BCUT2D eigenvalue weighted by atomic mass is 35.5. The fourth-order valence-electron chi connectivity index (χ4n) is 3.10. The Balaban J connectivity index is 1.56. The van der Waals surface area contributed by atoms with Gasteiger partial charge in [0.25, 0.3) is 0 Å². The molecule has 22 heavy (non-hydrogen) atoms. The van der Waals surface area contributed by atoms with Gasteiger partial charge in [0.15, 0.2) is 0 Å². The lowest BCUT2D eigenvalue weighted by Crippen LogP contribution is -2.23. The lowest BCUT2D eigenvalue weighted by atomic mass is 9.89. The third-order valence-electron chi connectivity index (χ3n) is 4.32. The molecule has 1 heterocycles. The van der Waals surface area contributed by atoms with Crippen LogP contribution in [-0.2, 0) is 6.54 Å². The van der Waals surface area contributed by atoms with Crippen LogP contribution >= 0.6 is 23.2 Å². The van der Waals surface area contributed by atoms with Gasteiger partial charge in [-0.3, -0.25) is 0 Å². The Bertz CT molecular complexity index is 617. The second kappa shape index (κ2) is 7.54. The molecular formula is C18H21Cl2NO. The lowest BCUT2D eigenvalue weighted by molar-refractivity contribution is 0.337. The molecule has 1 saturated carbocycles. The minimum Gasteiger partial charge on any atom is -0.460 e. The number of halogens is 2. The molecule has 2 nitrogen and oxygen atoms in total. The molecule has 1 N–H and O–H groups in total. The highest BCUT2D eigenvalue weighted by Gasteiger charge is 2.13. The van der Waals surface area contributed by atoms with Crippen molar-refractivity contribution in [2.45, 2.75) is 38.6 Å². The Hall–Kier alpha value is -0.960. The summed E-state index contributed by atoms with van der Waals surface area (Å²) in [7, 11) is 0. The minimum atomic E-state index is 0.614. The van der Waals surface area contributed by atoms with Gasteiger partial charge in [0.05, 0.1) is 11.6 Å². The van der Waals surface area contributed by atoms with Gasteiger partial charge in [-0.05, 0) is 55.6 Å². The third kappa shape index (κ3) is 4.07. The van der Waals surface area contributed by atoms with Crippen molar-refractivity contribution in [3.05, 3.63) is 46.1 Å². The van der Waals surface area contributed by atoms with Crippen LogP contribution in [0, 0.1) is 5.92 Å². The van der Waals surface area contributed by atoms with E-state index >= 15 is 0 Å². The zero-order valence-electron chi connectivity index (χ0n) is 12.6. The molecule has 3 rings (SSSR count). The molecule has 0 saturated heterocycles. The van der Waals surface area contributed by atoms with Crippen LogP contribution in [-0.4, -0.2) is 6.54 Å². The number of hydrogen-bond acceptors (Lipinski definition) is 2. The zero-order valence-corrected chi connectivity index (χ0v) is 14.1. The maximum atomic E-state index is 6.22. The van der Waals surface area contributed by atoms with Crippen LogP contribution in [0.1, 0.15) is 37.9 Å². The number of benzene rings is 1. The number of hydrogen-bond donors (Lipinski definition) is 1. The van der Waals surface area contributed by atoms with Gasteiger partial charge in [0.1, 0.15) is 11.5 Å². The molecule has 1 aliphatic rings. The van der Waals surface area contributed by atoms with E-state index in [2.05, 4.69) is 5.32 Å². The zero-order chi connectivity index (χ0) is 15.4. The van der Waals surface area contributed by atoms with Gasteiger partial charge in [0, 0.05) is 10.6 Å². The van der Waals surface area contributed by atoms with E-state index in [0.717, 1.165) is 36.1 Å². The van der Waals surface area contributed by atoms with Crippen LogP contribution in [0.4, 0.5) is 0 Å². The van der Waals surface area contributed by atoms with Gasteiger partial charge in [-0.2, -0.15) is 0 Å². The Kier molecular flexibility index (Phi) is 5.46. The summed E-state index contributed by atoms with van der Waals surface area (Å²) < 4.78 is 5.89. The molecular weight excluding hydrogens is 317 g/mol. The van der Waals surface area contributed by atoms with Crippen LogP contribution in [0.3, 0.4) is 0 Å². The summed E-state index contributed by atoms with van der Waals surface area (Å²) in [6.07, 6.45) is 6.88. The maximum absolute atomic E-state index is 6.22. The number of furan rings is 1. The second-order valence-electron chi connectivity index (χ2n) is 6.03. The van der Waals surface area contributed by atoms with E-state index in [1.807, 2.05) is 24.3 Å². The quantitative estimate of drug-likeness (QED) is 0.732. The smallest absolute Gasteiger partial charge is 0.135 e. The second-order valence-corrected chi connectivity index (χ2v) is 6.87. The normalized spacial score (nSPS) is 16.1. The molecule has 0 atom stereocenters. The van der Waals surface area contributed by atoms with E-state index in [4.69, 9.17) is 27.6 Å². The predicted molar refractivity (Wildman–Crippen MR) is 92.4 cm³/mol. The van der Waals surface area contributed by atoms with Crippen molar-refractivity contribution in [1.29, 1.82) is 0 Å². The van der Waals surface area contributed by atoms with Crippen molar-refractivity contribution < 1.29 is 4.42 Å². The van der Waals surface area contributed by atoms with Crippen LogP contribution in [0.2, 0.25) is 10.0 Å². The van der Waals surface area contributed by atoms with Crippen molar-refractivity contribution in [2.75, 3.05) is 6.54 Å². The van der Waals surface area contributed by atoms with Crippen molar-refractivity contribution in [1.82, 2.24) is 5.32 Å². The molecule has 4 heteroatoms. The summed E-state index contributed by atoms with van der Waals surface area (Å²) >= 11 is 12.1. The van der Waals surface area contributed by atoms with Crippen LogP contribution in [0.15, 0.2) is 34.7 Å². The molecule has 1 aromatic carbocycles. The van der Waals surface area contributed by atoms with Gasteiger partial charge in [-0.25, -0.2) is 0 Å². The SMILES string of the molecule is Clc1ccc(-c2ccc(CNCC3CCCCC3)o2)c(Cl)c1. The van der Waals surface area contributed by atoms with Crippen molar-refractivity contribution in [2.24, 2.45) is 5.92 Å². The molecule has 0 bridgehead atoms. The number of rotatable bonds is 5. The van der Waals surface area contributed by atoms with Gasteiger partial charge < -0.3 is 9.73 Å². The van der Waals surface area contributed by atoms with Crippen molar-refractivity contribution in [3.8, 4) is 11.3 Å². The molecule has 0 spiro atoms. The summed E-state index contributed by atoms with van der Waals surface area (Å²) in [5.41, 5.74) is 0.879. The summed E-state index contributed by atoms with van der Waals surface area (Å²) in [5, 5.41) is 4.76. The van der Waals surface area contributed by atoms with E-state index in [1.165, 1.54) is 32.1 Å². The fraction of sp³-hybridized carbons (Fsp3) is 0.444. The monoisotopic (exact) mass is 337 g/mol. The number of nitrogens with one attached hydrogen (secondary N) is 1. The molecule has 2 aromatic rings. The first-order valence-corrected chi connectivity index (χ1v) is 8.73. The van der Waals surface area contributed by atoms with Gasteiger partial charge in [0.2, 0.25) is 0 Å². The minimum absolute atomic E-state index is 0.614. The Labute approximate surface area is 141 Å². The maximum Gasteiger partial charge on any atom is 0.135 e. The Morgan fingerprint density at radius 2 is 1.86 bits per heavy atom. The molecule has 0 aliphatic heterocycles. The van der Waals surface area contributed by atoms with E-state index in [1.54, 1.807) is 6.07 Å². The van der Waals surface area contributed by atoms with Crippen LogP contribution < -0.4 is 5.32 Å². The average molecular weight is 338 g/mol. The molecule has 0 radical (unpaired) electrons. The molecule has 0 unspecified atom stereocenters. The molecule has 0 amide bonds. The Morgan fingerprint density at radius 1 is 1.05 bits per heavy atom. The van der Waals surface area contributed by atoms with E-state index in [0.29, 0.717) is 10.0 Å². The van der Waals surface area contributed by atoms with Gasteiger partial charge in [-0.15, -0.1) is 0 Å². The molecule has 1 aliphatic carbocycles. The molecule has 1 aromatic heterocycles. The molecule has 118 valence electrons. The van der Waals surface area contributed by atoms with Gasteiger partial charge in [-0.1, -0.05) is 42.5 Å². The molecule has 1 fully saturated rings. The predicted octanol–water partition coefficient (Wildman–Crippen LogP) is 5.92. The largest absolute Gasteiger partial charge is 0.460 e. The standard InChI is InChI=1S/C18H21Cl2NO/c19-14-6-8-16(17(20)10-14)18-9-7-15(22-18)12-21-11-13-4-2-1-3-5-13/h6-10,13,21H,1-5,11-12H2. The first-order chi connectivity index (χ1) is 10.7. The van der Waals surface area contributed by atoms with Crippen molar-refractivity contribution in [3.63, 3.8) is 0 Å². The van der Waals surface area contributed by atoms with E-state index in [9.17, 15) is 0 Å². The van der Waals surface area contributed by atoms with E-state index in [-0.39, 0.29) is 0 Å². The summed E-state index contributed by atoms with van der Waals surface area (Å²) in [6.45, 7) is 1.85. The summed E-state index contributed by atoms with van der Waals surface area (Å²) in [6, 6.07) is 9.43. The highest BCUT2D eigenvalue weighted by molar-refractivity contribution is 6.36. The highest BCUT2D eigenvalue weighted by Crippen LogP contribution is 2.31.